The third-order valence-corrected chi connectivity index (χ3v) is 4.46. The normalized spacial score (nSPS) is 18.7. The van der Waals surface area contributed by atoms with E-state index in [-0.39, 0.29) is 23.1 Å². The van der Waals surface area contributed by atoms with Crippen molar-refractivity contribution in [3.8, 4) is 0 Å². The number of hydrogen-bond donors (Lipinski definition) is 1. The van der Waals surface area contributed by atoms with Gasteiger partial charge in [-0.3, -0.25) is 20.3 Å². The fourth-order valence-corrected chi connectivity index (χ4v) is 3.33. The summed E-state index contributed by atoms with van der Waals surface area (Å²) in [4.78, 5) is 22.0. The highest BCUT2D eigenvalue weighted by Crippen LogP contribution is 2.44. The van der Waals surface area contributed by atoms with Gasteiger partial charge in [-0.05, 0) is 36.2 Å². The fraction of sp³-hybridized carbons (Fsp3) is 0.353. The van der Waals surface area contributed by atoms with Crippen LogP contribution in [0, 0.1) is 10.1 Å². The molecule has 0 spiro atoms. The Labute approximate surface area is 146 Å². The molecule has 0 radical (unpaired) electrons. The zero-order chi connectivity index (χ0) is 19.3. The van der Waals surface area contributed by atoms with Crippen LogP contribution in [0.4, 0.5) is 18.9 Å². The molecule has 1 aliphatic heterocycles. The molecule has 0 aromatic heterocycles. The number of nitro benzene ring substituents is 1. The van der Waals surface area contributed by atoms with E-state index in [2.05, 4.69) is 5.43 Å². The number of non-ortho nitro benzene ring substituents is 1. The van der Waals surface area contributed by atoms with Gasteiger partial charge in [-0.15, -0.1) is 0 Å². The number of benzene rings is 2. The van der Waals surface area contributed by atoms with Gasteiger partial charge in [0.1, 0.15) is 0 Å². The van der Waals surface area contributed by atoms with Crippen LogP contribution in [0.5, 0.6) is 0 Å². The summed E-state index contributed by atoms with van der Waals surface area (Å²) in [5.41, 5.74) is 0.998. The predicted octanol–water partition coefficient (Wildman–Crippen LogP) is 3.87. The SMILES string of the molecule is CC1(C)CC(=O)NN1[C@@H](c1cccc2cc([N+](=O)[O-])ccc12)C(F)(F)F. The van der Waals surface area contributed by atoms with Gasteiger partial charge >= 0.3 is 6.18 Å². The van der Waals surface area contributed by atoms with Crippen molar-refractivity contribution in [2.75, 3.05) is 0 Å². The van der Waals surface area contributed by atoms with Gasteiger partial charge in [-0.1, -0.05) is 18.2 Å². The van der Waals surface area contributed by atoms with Crippen molar-refractivity contribution in [2.45, 2.75) is 38.0 Å². The molecule has 1 heterocycles. The van der Waals surface area contributed by atoms with E-state index in [1.807, 2.05) is 0 Å². The molecule has 1 saturated heterocycles. The van der Waals surface area contributed by atoms with E-state index in [1.165, 1.54) is 36.4 Å². The molecular formula is C17H16F3N3O3. The monoisotopic (exact) mass is 367 g/mol. The Morgan fingerprint density at radius 1 is 1.27 bits per heavy atom. The van der Waals surface area contributed by atoms with Gasteiger partial charge in [0.15, 0.2) is 6.04 Å². The molecule has 0 unspecified atom stereocenters. The maximum absolute atomic E-state index is 14.0. The minimum Gasteiger partial charge on any atom is -0.287 e. The number of hydrogen-bond acceptors (Lipinski definition) is 4. The summed E-state index contributed by atoms with van der Waals surface area (Å²) in [5, 5.41) is 12.4. The molecule has 1 amide bonds. The number of nitrogens with one attached hydrogen (secondary N) is 1. The standard InChI is InChI=1S/C17H16F3N3O3/c1-16(2)9-14(24)21-22(16)15(17(18,19)20)13-5-3-4-10-8-11(23(25)26)6-7-12(10)13/h3-8,15H,9H2,1-2H3,(H,21,24)/t15-/m0/s1. The average molecular weight is 367 g/mol. The van der Waals surface area contributed by atoms with E-state index < -0.39 is 28.6 Å². The highest BCUT2D eigenvalue weighted by Gasteiger charge is 2.53. The van der Waals surface area contributed by atoms with Crippen molar-refractivity contribution >= 4 is 22.4 Å². The van der Waals surface area contributed by atoms with Crippen LogP contribution in [0.25, 0.3) is 10.8 Å². The van der Waals surface area contributed by atoms with Gasteiger partial charge in [0.05, 0.1) is 4.92 Å². The summed E-state index contributed by atoms with van der Waals surface area (Å²) in [6.45, 7) is 3.11. The first-order valence-corrected chi connectivity index (χ1v) is 7.83. The summed E-state index contributed by atoms with van der Waals surface area (Å²) in [6, 6.07) is 5.92. The van der Waals surface area contributed by atoms with Crippen LogP contribution in [0.2, 0.25) is 0 Å². The van der Waals surface area contributed by atoms with Gasteiger partial charge < -0.3 is 0 Å². The van der Waals surface area contributed by atoms with Gasteiger partial charge in [-0.25, -0.2) is 0 Å². The van der Waals surface area contributed by atoms with Crippen LogP contribution >= 0.6 is 0 Å². The number of nitro groups is 1. The van der Waals surface area contributed by atoms with Crippen LogP contribution in [0.3, 0.4) is 0 Å². The van der Waals surface area contributed by atoms with E-state index >= 15 is 0 Å². The average Bonchev–Trinajstić information content (AvgIpc) is 2.78. The Kier molecular flexibility index (Phi) is 4.14. The number of hydrazine groups is 1. The minimum absolute atomic E-state index is 0.0597. The molecule has 2 aromatic carbocycles. The zero-order valence-corrected chi connectivity index (χ0v) is 14.0. The van der Waals surface area contributed by atoms with Gasteiger partial charge in [0.25, 0.3) is 5.69 Å². The molecule has 6 nitrogen and oxygen atoms in total. The largest absolute Gasteiger partial charge is 0.409 e. The lowest BCUT2D eigenvalue weighted by Crippen LogP contribution is -2.51. The second-order valence-electron chi connectivity index (χ2n) is 6.85. The number of rotatable bonds is 3. The van der Waals surface area contributed by atoms with Crippen LogP contribution in [-0.4, -0.2) is 27.6 Å². The van der Waals surface area contributed by atoms with E-state index in [9.17, 15) is 28.1 Å². The molecule has 26 heavy (non-hydrogen) atoms. The van der Waals surface area contributed by atoms with Gasteiger partial charge in [0.2, 0.25) is 5.91 Å². The second kappa shape index (κ2) is 5.94. The Bertz CT molecular complexity index is 896. The molecule has 2 aromatic rings. The van der Waals surface area contributed by atoms with Crippen LogP contribution in [0.15, 0.2) is 36.4 Å². The minimum atomic E-state index is -4.66. The Hall–Kier alpha value is -2.68. The topological polar surface area (TPSA) is 75.5 Å². The molecule has 9 heteroatoms. The molecule has 1 aliphatic rings. The molecule has 138 valence electrons. The first-order chi connectivity index (χ1) is 12.0. The highest BCUT2D eigenvalue weighted by molar-refractivity contribution is 5.88. The molecule has 1 atom stereocenters. The summed E-state index contributed by atoms with van der Waals surface area (Å²) < 4.78 is 41.9. The molecule has 0 aliphatic carbocycles. The quantitative estimate of drug-likeness (QED) is 0.660. The number of fused-ring (bicyclic) bond motifs is 1. The smallest absolute Gasteiger partial charge is 0.287 e. The van der Waals surface area contributed by atoms with Crippen LogP contribution < -0.4 is 5.43 Å². The first kappa shape index (κ1) is 18.1. The van der Waals surface area contributed by atoms with Crippen molar-refractivity contribution in [1.82, 2.24) is 10.4 Å². The van der Waals surface area contributed by atoms with Crippen molar-refractivity contribution in [3.05, 3.63) is 52.1 Å². The zero-order valence-electron chi connectivity index (χ0n) is 14.0. The van der Waals surface area contributed by atoms with E-state index in [0.717, 1.165) is 5.01 Å². The Morgan fingerprint density at radius 2 is 1.96 bits per heavy atom. The van der Waals surface area contributed by atoms with E-state index in [4.69, 9.17) is 0 Å². The van der Waals surface area contributed by atoms with E-state index in [1.54, 1.807) is 13.8 Å². The number of alkyl halides is 3. The summed E-state index contributed by atoms with van der Waals surface area (Å²) in [6.07, 6.45) is -4.72. The summed E-state index contributed by atoms with van der Waals surface area (Å²) in [5.74, 6) is -0.486. The Morgan fingerprint density at radius 3 is 2.50 bits per heavy atom. The second-order valence-corrected chi connectivity index (χ2v) is 6.85. The number of nitrogens with zero attached hydrogens (tertiary/aromatic N) is 2. The number of carbonyl (C=O) groups is 1. The number of carbonyl (C=O) groups excluding carboxylic acids is 1. The Balaban J connectivity index is 2.20. The lowest BCUT2D eigenvalue weighted by molar-refractivity contribution is -0.384. The van der Waals surface area contributed by atoms with Crippen LogP contribution in [-0.2, 0) is 4.79 Å². The van der Waals surface area contributed by atoms with Gasteiger partial charge in [0, 0.05) is 24.1 Å². The predicted molar refractivity (Wildman–Crippen MR) is 88.1 cm³/mol. The molecular weight excluding hydrogens is 351 g/mol. The van der Waals surface area contributed by atoms with Crippen molar-refractivity contribution in [1.29, 1.82) is 0 Å². The molecule has 3 rings (SSSR count). The molecule has 1 fully saturated rings. The molecule has 0 bridgehead atoms. The highest BCUT2D eigenvalue weighted by atomic mass is 19.4. The van der Waals surface area contributed by atoms with Crippen LogP contribution in [0.1, 0.15) is 31.9 Å². The molecule has 0 saturated carbocycles. The lowest BCUT2D eigenvalue weighted by Gasteiger charge is -2.38. The lowest BCUT2D eigenvalue weighted by atomic mass is 9.93. The fourth-order valence-electron chi connectivity index (χ4n) is 3.33. The number of halogens is 3. The van der Waals surface area contributed by atoms with Crippen molar-refractivity contribution in [2.24, 2.45) is 0 Å². The maximum Gasteiger partial charge on any atom is 0.409 e. The molecule has 1 N–H and O–H groups in total. The third-order valence-electron chi connectivity index (χ3n) is 4.46. The van der Waals surface area contributed by atoms with Crippen molar-refractivity contribution < 1.29 is 22.9 Å². The number of amides is 1. The van der Waals surface area contributed by atoms with E-state index in [0.29, 0.717) is 5.39 Å². The first-order valence-electron chi connectivity index (χ1n) is 7.83. The maximum atomic E-state index is 14.0. The summed E-state index contributed by atoms with van der Waals surface area (Å²) >= 11 is 0. The third kappa shape index (κ3) is 3.10. The van der Waals surface area contributed by atoms with Crippen molar-refractivity contribution in [3.63, 3.8) is 0 Å². The van der Waals surface area contributed by atoms with Gasteiger partial charge in [-0.2, -0.15) is 18.2 Å². The summed E-state index contributed by atoms with van der Waals surface area (Å²) in [7, 11) is 0.